The number of para-hydroxylation sites is 2. The molecular weight excluding hydrogens is 272 g/mol. The molecule has 1 atom stereocenters. The lowest BCUT2D eigenvalue weighted by atomic mass is 10.1. The number of carbonyl (C=O) groups is 2. The molecule has 1 amide bonds. The Morgan fingerprint density at radius 3 is 2.90 bits per heavy atom. The Balaban J connectivity index is 1.68. The summed E-state index contributed by atoms with van der Waals surface area (Å²) < 4.78 is 5.48. The summed E-state index contributed by atoms with van der Waals surface area (Å²) in [7, 11) is 0. The highest BCUT2D eigenvalue weighted by Gasteiger charge is 2.29. The zero-order chi connectivity index (χ0) is 14.8. The monoisotopic (exact) mass is 286 g/mol. The van der Waals surface area contributed by atoms with Gasteiger partial charge in [-0.15, -0.1) is 0 Å². The fraction of sp³-hybridized carbons (Fsp3) is 0.267. The molecule has 2 heterocycles. The molecule has 21 heavy (non-hydrogen) atoms. The SMILES string of the molecule is O=C(O)C1CCN(C(=O)C=Cc2nc3ccccc3o2)C1. The first-order valence-electron chi connectivity index (χ1n) is 6.69. The second-order valence-corrected chi connectivity index (χ2v) is 4.96. The van der Waals surface area contributed by atoms with Gasteiger partial charge in [-0.25, -0.2) is 4.98 Å². The van der Waals surface area contributed by atoms with Crippen molar-refractivity contribution in [2.75, 3.05) is 13.1 Å². The Bertz CT molecular complexity index is 686. The van der Waals surface area contributed by atoms with Gasteiger partial charge >= 0.3 is 5.97 Å². The van der Waals surface area contributed by atoms with E-state index in [9.17, 15) is 9.59 Å². The van der Waals surface area contributed by atoms with Crippen LogP contribution in [0.1, 0.15) is 12.3 Å². The number of amides is 1. The quantitative estimate of drug-likeness (QED) is 0.869. The van der Waals surface area contributed by atoms with E-state index in [4.69, 9.17) is 9.52 Å². The first kappa shape index (κ1) is 13.4. The fourth-order valence-electron chi connectivity index (χ4n) is 2.37. The first-order chi connectivity index (χ1) is 10.1. The lowest BCUT2D eigenvalue weighted by Gasteiger charge is -2.12. The number of hydrogen-bond acceptors (Lipinski definition) is 4. The Hall–Kier alpha value is -2.63. The van der Waals surface area contributed by atoms with Crippen LogP contribution >= 0.6 is 0 Å². The summed E-state index contributed by atoms with van der Waals surface area (Å²) >= 11 is 0. The van der Waals surface area contributed by atoms with Crippen molar-refractivity contribution >= 4 is 29.1 Å². The maximum atomic E-state index is 12.0. The molecule has 0 aliphatic carbocycles. The van der Waals surface area contributed by atoms with Crippen molar-refractivity contribution in [2.45, 2.75) is 6.42 Å². The molecule has 3 rings (SSSR count). The molecule has 1 N–H and O–H groups in total. The molecule has 1 aromatic heterocycles. The number of carbonyl (C=O) groups excluding carboxylic acids is 1. The zero-order valence-electron chi connectivity index (χ0n) is 11.2. The standard InChI is InChI=1S/C15H14N2O4/c18-14(17-8-7-10(9-17)15(19)20)6-5-13-16-11-3-1-2-4-12(11)21-13/h1-6,10H,7-9H2,(H,19,20). The highest BCUT2D eigenvalue weighted by Crippen LogP contribution is 2.18. The van der Waals surface area contributed by atoms with Crippen molar-refractivity contribution in [1.82, 2.24) is 9.88 Å². The van der Waals surface area contributed by atoms with Crippen LogP contribution in [0, 0.1) is 5.92 Å². The van der Waals surface area contributed by atoms with Crippen LogP contribution in [0.25, 0.3) is 17.2 Å². The van der Waals surface area contributed by atoms with Crippen molar-refractivity contribution in [1.29, 1.82) is 0 Å². The largest absolute Gasteiger partial charge is 0.481 e. The molecule has 6 nitrogen and oxygen atoms in total. The number of likely N-dealkylation sites (tertiary alicyclic amines) is 1. The summed E-state index contributed by atoms with van der Waals surface area (Å²) in [6, 6.07) is 7.34. The predicted octanol–water partition coefficient (Wildman–Crippen LogP) is 1.77. The van der Waals surface area contributed by atoms with Crippen molar-refractivity contribution in [3.05, 3.63) is 36.2 Å². The number of oxazole rings is 1. The minimum atomic E-state index is -0.853. The van der Waals surface area contributed by atoms with Crippen LogP contribution in [-0.4, -0.2) is 40.0 Å². The van der Waals surface area contributed by atoms with Crippen molar-refractivity contribution in [2.24, 2.45) is 5.92 Å². The summed E-state index contributed by atoms with van der Waals surface area (Å²) in [4.78, 5) is 28.6. The van der Waals surface area contributed by atoms with Crippen molar-refractivity contribution < 1.29 is 19.1 Å². The molecule has 0 spiro atoms. The van der Waals surface area contributed by atoms with Crippen LogP contribution in [0.4, 0.5) is 0 Å². The number of hydrogen-bond donors (Lipinski definition) is 1. The van der Waals surface area contributed by atoms with Crippen LogP contribution < -0.4 is 0 Å². The van der Waals surface area contributed by atoms with Crippen LogP contribution in [0.5, 0.6) is 0 Å². The second-order valence-electron chi connectivity index (χ2n) is 4.96. The van der Waals surface area contributed by atoms with Crippen LogP contribution in [0.15, 0.2) is 34.8 Å². The van der Waals surface area contributed by atoms with E-state index in [1.54, 1.807) is 6.07 Å². The Morgan fingerprint density at radius 1 is 1.38 bits per heavy atom. The number of carboxylic acid groups (broad SMARTS) is 1. The summed E-state index contributed by atoms with van der Waals surface area (Å²) in [5.74, 6) is -1.18. The van der Waals surface area contributed by atoms with Gasteiger partial charge in [0.15, 0.2) is 5.58 Å². The van der Waals surface area contributed by atoms with Gasteiger partial charge in [-0.1, -0.05) is 12.1 Å². The molecule has 1 unspecified atom stereocenters. The van der Waals surface area contributed by atoms with E-state index >= 15 is 0 Å². The molecule has 0 radical (unpaired) electrons. The first-order valence-corrected chi connectivity index (χ1v) is 6.69. The molecule has 1 aromatic carbocycles. The molecule has 1 saturated heterocycles. The Morgan fingerprint density at radius 2 is 2.19 bits per heavy atom. The molecule has 1 aliphatic rings. The van der Waals surface area contributed by atoms with E-state index < -0.39 is 11.9 Å². The zero-order valence-corrected chi connectivity index (χ0v) is 11.2. The number of rotatable bonds is 3. The lowest BCUT2D eigenvalue weighted by molar-refractivity contribution is -0.141. The second kappa shape index (κ2) is 5.40. The van der Waals surface area contributed by atoms with Crippen LogP contribution in [0.3, 0.4) is 0 Å². The predicted molar refractivity (Wildman–Crippen MR) is 75.4 cm³/mol. The van der Waals surface area contributed by atoms with E-state index in [1.807, 2.05) is 18.2 Å². The minimum absolute atomic E-state index is 0.221. The van der Waals surface area contributed by atoms with Crippen LogP contribution in [-0.2, 0) is 9.59 Å². The molecule has 2 aromatic rings. The third-order valence-electron chi connectivity index (χ3n) is 3.53. The van der Waals surface area contributed by atoms with E-state index in [2.05, 4.69) is 4.98 Å². The maximum absolute atomic E-state index is 12.0. The van der Waals surface area contributed by atoms with E-state index in [1.165, 1.54) is 17.1 Å². The highest BCUT2D eigenvalue weighted by molar-refractivity contribution is 5.92. The molecule has 0 bridgehead atoms. The van der Waals surface area contributed by atoms with Gasteiger partial charge in [0.2, 0.25) is 11.8 Å². The Kier molecular flexibility index (Phi) is 3.43. The van der Waals surface area contributed by atoms with E-state index in [0.717, 1.165) is 5.52 Å². The van der Waals surface area contributed by atoms with Crippen molar-refractivity contribution in [3.63, 3.8) is 0 Å². The summed E-state index contributed by atoms with van der Waals surface area (Å²) in [6.45, 7) is 0.722. The van der Waals surface area contributed by atoms with Gasteiger partial charge in [0.05, 0.1) is 5.92 Å². The van der Waals surface area contributed by atoms with Gasteiger partial charge in [0.1, 0.15) is 5.52 Å². The summed E-state index contributed by atoms with van der Waals surface area (Å²) in [6.07, 6.45) is 3.38. The summed E-state index contributed by atoms with van der Waals surface area (Å²) in [5, 5.41) is 8.92. The number of benzene rings is 1. The third kappa shape index (κ3) is 2.79. The molecule has 108 valence electrons. The topological polar surface area (TPSA) is 83.6 Å². The van der Waals surface area contributed by atoms with E-state index in [0.29, 0.717) is 24.4 Å². The number of aliphatic carboxylic acids is 1. The maximum Gasteiger partial charge on any atom is 0.308 e. The van der Waals surface area contributed by atoms with Crippen molar-refractivity contribution in [3.8, 4) is 0 Å². The van der Waals surface area contributed by atoms with Gasteiger partial charge in [0, 0.05) is 25.2 Å². The molecule has 6 heteroatoms. The number of nitrogens with zero attached hydrogens (tertiary/aromatic N) is 2. The fourth-order valence-corrected chi connectivity index (χ4v) is 2.37. The highest BCUT2D eigenvalue weighted by atomic mass is 16.4. The minimum Gasteiger partial charge on any atom is -0.481 e. The van der Waals surface area contributed by atoms with Gasteiger partial charge in [-0.2, -0.15) is 0 Å². The average molecular weight is 286 g/mol. The van der Waals surface area contributed by atoms with Gasteiger partial charge < -0.3 is 14.4 Å². The number of fused-ring (bicyclic) bond motifs is 1. The third-order valence-corrected chi connectivity index (χ3v) is 3.53. The molecular formula is C15H14N2O4. The molecule has 0 saturated carbocycles. The Labute approximate surface area is 120 Å². The van der Waals surface area contributed by atoms with Gasteiger partial charge in [-0.05, 0) is 18.6 Å². The normalized spacial score (nSPS) is 18.7. The van der Waals surface area contributed by atoms with Gasteiger partial charge in [0.25, 0.3) is 0 Å². The molecule has 1 aliphatic heterocycles. The molecule has 1 fully saturated rings. The van der Waals surface area contributed by atoms with Gasteiger partial charge in [-0.3, -0.25) is 9.59 Å². The summed E-state index contributed by atoms with van der Waals surface area (Å²) in [5.41, 5.74) is 1.40. The smallest absolute Gasteiger partial charge is 0.308 e. The lowest BCUT2D eigenvalue weighted by Crippen LogP contribution is -2.28. The average Bonchev–Trinajstić information content (AvgIpc) is 3.11. The number of aromatic nitrogens is 1. The van der Waals surface area contributed by atoms with E-state index in [-0.39, 0.29) is 12.5 Å². The van der Waals surface area contributed by atoms with Crippen LogP contribution in [0.2, 0.25) is 0 Å². The number of carboxylic acids is 1.